The number of ether oxygens (including phenoxy) is 2. The summed E-state index contributed by atoms with van der Waals surface area (Å²) in [4.78, 5) is 4.60. The monoisotopic (exact) mass is 292 g/mol. The molecule has 0 N–H and O–H groups in total. The maximum atomic E-state index is 5.39. The fourth-order valence-corrected chi connectivity index (χ4v) is 2.82. The number of benzene rings is 2. The summed E-state index contributed by atoms with van der Waals surface area (Å²) < 4.78 is 12.9. The van der Waals surface area contributed by atoms with E-state index in [-0.39, 0.29) is 6.79 Å². The number of hydrogen-bond acceptors (Lipinski definition) is 3. The zero-order valence-corrected chi connectivity index (χ0v) is 12.5. The van der Waals surface area contributed by atoms with Crippen LogP contribution in [0.25, 0.3) is 10.9 Å². The summed E-state index contributed by atoms with van der Waals surface area (Å²) in [6, 6.07) is 14.1. The minimum Gasteiger partial charge on any atom is -0.454 e. The number of nitrogens with zero attached hydrogens (tertiary/aromatic N) is 2. The zero-order chi connectivity index (χ0) is 15.1. The van der Waals surface area contributed by atoms with Crippen molar-refractivity contribution in [3.05, 3.63) is 53.7 Å². The first-order valence-corrected chi connectivity index (χ1v) is 7.22. The Hall–Kier alpha value is -2.75. The van der Waals surface area contributed by atoms with Crippen LogP contribution in [0.5, 0.6) is 11.5 Å². The molecule has 0 aliphatic carbocycles. The quantitative estimate of drug-likeness (QED) is 0.670. The van der Waals surface area contributed by atoms with Crippen molar-refractivity contribution in [2.45, 2.75) is 6.92 Å². The molecule has 4 heteroatoms. The van der Waals surface area contributed by atoms with Gasteiger partial charge in [0.2, 0.25) is 6.79 Å². The summed E-state index contributed by atoms with van der Waals surface area (Å²) in [7, 11) is 2.08. The van der Waals surface area contributed by atoms with Crippen LogP contribution in [-0.4, -0.2) is 17.6 Å². The van der Waals surface area contributed by atoms with Gasteiger partial charge in [0.25, 0.3) is 0 Å². The number of para-hydroxylation sites is 1. The first kappa shape index (κ1) is 13.0. The molecule has 22 heavy (non-hydrogen) atoms. The average molecular weight is 292 g/mol. The highest BCUT2D eigenvalue weighted by Crippen LogP contribution is 2.35. The van der Waals surface area contributed by atoms with Crippen LogP contribution in [0.1, 0.15) is 11.3 Å². The molecule has 0 unspecified atom stereocenters. The van der Waals surface area contributed by atoms with Crippen molar-refractivity contribution >= 4 is 22.8 Å². The number of aromatic nitrogens is 1. The number of hydrogen-bond donors (Lipinski definition) is 0. The van der Waals surface area contributed by atoms with E-state index in [0.29, 0.717) is 0 Å². The van der Waals surface area contributed by atoms with E-state index in [1.165, 1.54) is 16.6 Å². The molecule has 4 rings (SSSR count). The Morgan fingerprint density at radius 3 is 2.82 bits per heavy atom. The first-order chi connectivity index (χ1) is 10.7. The third kappa shape index (κ3) is 1.96. The second-order valence-corrected chi connectivity index (χ2v) is 5.37. The molecule has 4 nitrogen and oxygen atoms in total. The molecule has 0 atom stereocenters. The molecular formula is C18H16N2O2. The molecule has 0 spiro atoms. The molecular weight excluding hydrogens is 276 g/mol. The Kier molecular flexibility index (Phi) is 2.89. The number of rotatable bonds is 2. The van der Waals surface area contributed by atoms with Gasteiger partial charge >= 0.3 is 0 Å². The van der Waals surface area contributed by atoms with Crippen molar-refractivity contribution in [2.75, 3.05) is 6.79 Å². The Bertz CT molecular complexity index is 893. The summed E-state index contributed by atoms with van der Waals surface area (Å²) in [6.45, 7) is 2.39. The van der Waals surface area contributed by atoms with Crippen LogP contribution in [0.3, 0.4) is 0 Å². The SMILES string of the molecule is Cc1c(C=Nc2ccc3c(c2)OCO3)c2ccccc2n1C. The molecule has 0 radical (unpaired) electrons. The molecule has 1 aromatic heterocycles. The van der Waals surface area contributed by atoms with Crippen LogP contribution in [0.15, 0.2) is 47.5 Å². The molecule has 1 aliphatic heterocycles. The van der Waals surface area contributed by atoms with Crippen molar-refractivity contribution in [3.8, 4) is 11.5 Å². The van der Waals surface area contributed by atoms with Crippen LogP contribution in [-0.2, 0) is 7.05 Å². The van der Waals surface area contributed by atoms with Crippen LogP contribution in [0, 0.1) is 6.92 Å². The Balaban J connectivity index is 1.76. The summed E-state index contributed by atoms with van der Waals surface area (Å²) >= 11 is 0. The number of aliphatic imine (C=N–C) groups is 1. The Morgan fingerprint density at radius 2 is 1.91 bits per heavy atom. The van der Waals surface area contributed by atoms with E-state index in [1.54, 1.807) is 0 Å². The maximum absolute atomic E-state index is 5.39. The molecule has 2 heterocycles. The lowest BCUT2D eigenvalue weighted by molar-refractivity contribution is 0.174. The van der Waals surface area contributed by atoms with E-state index < -0.39 is 0 Å². The Labute approximate surface area is 128 Å². The third-order valence-electron chi connectivity index (χ3n) is 4.15. The Morgan fingerprint density at radius 1 is 1.09 bits per heavy atom. The van der Waals surface area contributed by atoms with Crippen molar-refractivity contribution in [3.63, 3.8) is 0 Å². The summed E-state index contributed by atoms with van der Waals surface area (Å²) in [6.07, 6.45) is 1.93. The van der Waals surface area contributed by atoms with Gasteiger partial charge in [0.15, 0.2) is 11.5 Å². The van der Waals surface area contributed by atoms with Crippen LogP contribution in [0.2, 0.25) is 0 Å². The largest absolute Gasteiger partial charge is 0.454 e. The van der Waals surface area contributed by atoms with E-state index >= 15 is 0 Å². The van der Waals surface area contributed by atoms with Gasteiger partial charge in [-0.2, -0.15) is 0 Å². The van der Waals surface area contributed by atoms with Gasteiger partial charge in [0.1, 0.15) is 0 Å². The number of aryl methyl sites for hydroxylation is 1. The van der Waals surface area contributed by atoms with Crippen LogP contribution >= 0.6 is 0 Å². The highest BCUT2D eigenvalue weighted by molar-refractivity contribution is 6.01. The van der Waals surface area contributed by atoms with Crippen molar-refractivity contribution in [2.24, 2.45) is 12.0 Å². The van der Waals surface area contributed by atoms with Gasteiger partial charge in [-0.15, -0.1) is 0 Å². The molecule has 2 aromatic carbocycles. The van der Waals surface area contributed by atoms with E-state index in [4.69, 9.17) is 9.47 Å². The highest BCUT2D eigenvalue weighted by Gasteiger charge is 2.13. The molecule has 1 aliphatic rings. The standard InChI is InChI=1S/C18H16N2O2/c1-12-15(14-5-3-4-6-16(14)20(12)2)10-19-13-7-8-17-18(9-13)22-11-21-17/h3-10H,11H2,1-2H3. The molecule has 0 saturated carbocycles. The van der Waals surface area contributed by atoms with Gasteiger partial charge in [0, 0.05) is 41.5 Å². The minimum absolute atomic E-state index is 0.283. The van der Waals surface area contributed by atoms with Gasteiger partial charge in [-0.3, -0.25) is 4.99 Å². The molecule has 0 bridgehead atoms. The summed E-state index contributed by atoms with van der Waals surface area (Å²) in [5.41, 5.74) is 4.42. The minimum atomic E-state index is 0.283. The average Bonchev–Trinajstić information content (AvgIpc) is 3.10. The molecule has 0 saturated heterocycles. The molecule has 110 valence electrons. The second-order valence-electron chi connectivity index (χ2n) is 5.37. The summed E-state index contributed by atoms with van der Waals surface area (Å²) in [5, 5.41) is 1.21. The topological polar surface area (TPSA) is 35.8 Å². The van der Waals surface area contributed by atoms with Crippen molar-refractivity contribution in [1.29, 1.82) is 0 Å². The van der Waals surface area contributed by atoms with Gasteiger partial charge in [0.05, 0.1) is 5.69 Å². The summed E-state index contributed by atoms with van der Waals surface area (Å²) in [5.74, 6) is 1.53. The predicted molar refractivity (Wildman–Crippen MR) is 87.5 cm³/mol. The highest BCUT2D eigenvalue weighted by atomic mass is 16.7. The van der Waals surface area contributed by atoms with Crippen molar-refractivity contribution in [1.82, 2.24) is 4.57 Å². The van der Waals surface area contributed by atoms with Crippen LogP contribution in [0.4, 0.5) is 5.69 Å². The molecule has 0 amide bonds. The lowest BCUT2D eigenvalue weighted by Gasteiger charge is -1.99. The lowest BCUT2D eigenvalue weighted by Crippen LogP contribution is -1.92. The maximum Gasteiger partial charge on any atom is 0.231 e. The predicted octanol–water partition coefficient (Wildman–Crippen LogP) is 3.97. The fraction of sp³-hybridized carbons (Fsp3) is 0.167. The van der Waals surface area contributed by atoms with Gasteiger partial charge in [-0.1, -0.05) is 18.2 Å². The van der Waals surface area contributed by atoms with Gasteiger partial charge in [-0.25, -0.2) is 0 Å². The molecule has 0 fully saturated rings. The van der Waals surface area contributed by atoms with E-state index in [0.717, 1.165) is 22.7 Å². The van der Waals surface area contributed by atoms with Gasteiger partial charge < -0.3 is 14.0 Å². The normalized spacial score (nSPS) is 13.4. The van der Waals surface area contributed by atoms with E-state index in [1.807, 2.05) is 24.4 Å². The third-order valence-corrected chi connectivity index (χ3v) is 4.15. The fourth-order valence-electron chi connectivity index (χ4n) is 2.82. The number of fused-ring (bicyclic) bond motifs is 2. The first-order valence-electron chi connectivity index (χ1n) is 7.22. The van der Waals surface area contributed by atoms with E-state index in [2.05, 4.69) is 47.8 Å². The second kappa shape index (κ2) is 4.91. The molecule has 3 aromatic rings. The van der Waals surface area contributed by atoms with Crippen molar-refractivity contribution < 1.29 is 9.47 Å². The van der Waals surface area contributed by atoms with Gasteiger partial charge in [-0.05, 0) is 25.1 Å². The van der Waals surface area contributed by atoms with Crippen LogP contribution < -0.4 is 9.47 Å². The van der Waals surface area contributed by atoms with E-state index in [9.17, 15) is 0 Å². The lowest BCUT2D eigenvalue weighted by atomic mass is 10.1. The zero-order valence-electron chi connectivity index (χ0n) is 12.5. The smallest absolute Gasteiger partial charge is 0.231 e.